The van der Waals surface area contributed by atoms with Crippen molar-refractivity contribution in [3.8, 4) is 0 Å². The zero-order valence-electron chi connectivity index (χ0n) is 11.6. The molecule has 0 unspecified atom stereocenters. The predicted octanol–water partition coefficient (Wildman–Crippen LogP) is 4.67. The smallest absolute Gasteiger partial charge is 0.225 e. The van der Waals surface area contributed by atoms with Crippen molar-refractivity contribution in [1.29, 1.82) is 0 Å². The summed E-state index contributed by atoms with van der Waals surface area (Å²) < 4.78 is 12.8. The highest BCUT2D eigenvalue weighted by molar-refractivity contribution is 7.99. The lowest BCUT2D eigenvalue weighted by molar-refractivity contribution is -0.115. The van der Waals surface area contributed by atoms with Gasteiger partial charge in [0.1, 0.15) is 5.82 Å². The maximum absolute atomic E-state index is 12.8. The Morgan fingerprint density at radius 3 is 2.29 bits per heavy atom. The number of thioether (sulfide) groups is 2. The van der Waals surface area contributed by atoms with Crippen LogP contribution in [0.15, 0.2) is 58.3 Å². The second-order valence-corrected chi connectivity index (χ2v) is 6.38. The van der Waals surface area contributed by atoms with Crippen LogP contribution in [-0.4, -0.2) is 17.9 Å². The Morgan fingerprint density at radius 2 is 1.67 bits per heavy atom. The molecule has 2 nitrogen and oxygen atoms in total. The summed E-state index contributed by atoms with van der Waals surface area (Å²) in [7, 11) is 0. The summed E-state index contributed by atoms with van der Waals surface area (Å²) in [6, 6.07) is 14.1. The molecule has 1 N–H and O–H groups in total. The summed E-state index contributed by atoms with van der Waals surface area (Å²) in [5.41, 5.74) is 0.810. The molecule has 0 aromatic heterocycles. The lowest BCUT2D eigenvalue weighted by Gasteiger charge is -2.06. The normalized spacial score (nSPS) is 10.4. The Hall–Kier alpha value is -1.46. The van der Waals surface area contributed by atoms with E-state index in [9.17, 15) is 9.18 Å². The van der Waals surface area contributed by atoms with E-state index in [1.807, 2.05) is 30.5 Å². The molecule has 0 fully saturated rings. The molecular formula is C16H16FNOS2. The van der Waals surface area contributed by atoms with Gasteiger partial charge in [-0.3, -0.25) is 4.79 Å². The first-order chi connectivity index (χ1) is 10.2. The summed E-state index contributed by atoms with van der Waals surface area (Å²) in [5, 5.41) is 2.87. The van der Waals surface area contributed by atoms with Gasteiger partial charge in [-0.25, -0.2) is 4.39 Å². The Kier molecular flexibility index (Phi) is 6.14. The minimum Gasteiger partial charge on any atom is -0.326 e. The molecule has 110 valence electrons. The third kappa shape index (κ3) is 5.44. The zero-order chi connectivity index (χ0) is 15.1. The van der Waals surface area contributed by atoms with Gasteiger partial charge in [0.15, 0.2) is 0 Å². The number of anilines is 1. The van der Waals surface area contributed by atoms with Gasteiger partial charge >= 0.3 is 0 Å². The average Bonchev–Trinajstić information content (AvgIpc) is 2.50. The minimum absolute atomic E-state index is 0.0125. The average molecular weight is 321 g/mol. The molecule has 0 radical (unpaired) electrons. The highest BCUT2D eigenvalue weighted by Crippen LogP contribution is 2.20. The van der Waals surface area contributed by atoms with E-state index in [0.717, 1.165) is 10.6 Å². The van der Waals surface area contributed by atoms with Crippen LogP contribution in [-0.2, 0) is 4.79 Å². The maximum atomic E-state index is 12.8. The standard InChI is InChI=1S/C16H16FNOS2/c1-20-14-8-4-13(5-9-14)18-16(19)10-11-21-15-6-2-12(17)3-7-15/h2-9H,10-11H2,1H3,(H,18,19). The minimum atomic E-state index is -0.245. The summed E-state index contributed by atoms with van der Waals surface area (Å²) in [6.07, 6.45) is 2.44. The van der Waals surface area contributed by atoms with E-state index in [1.165, 1.54) is 17.0 Å². The fourth-order valence-corrected chi connectivity index (χ4v) is 2.95. The van der Waals surface area contributed by atoms with Gasteiger partial charge < -0.3 is 5.32 Å². The van der Waals surface area contributed by atoms with E-state index in [-0.39, 0.29) is 11.7 Å². The maximum Gasteiger partial charge on any atom is 0.225 e. The number of amides is 1. The molecule has 0 bridgehead atoms. The summed E-state index contributed by atoms with van der Waals surface area (Å²) in [4.78, 5) is 14.0. The lowest BCUT2D eigenvalue weighted by Crippen LogP contribution is -2.11. The molecule has 0 saturated carbocycles. The Bertz CT molecular complexity index is 584. The summed E-state index contributed by atoms with van der Waals surface area (Å²) in [5.74, 6) is 0.410. The van der Waals surface area contributed by atoms with Crippen LogP contribution in [0.25, 0.3) is 0 Å². The zero-order valence-corrected chi connectivity index (χ0v) is 13.3. The number of carbonyl (C=O) groups is 1. The number of rotatable bonds is 6. The van der Waals surface area contributed by atoms with Gasteiger partial charge in [0.05, 0.1) is 0 Å². The van der Waals surface area contributed by atoms with Crippen molar-refractivity contribution in [3.05, 3.63) is 54.3 Å². The largest absolute Gasteiger partial charge is 0.326 e. The Balaban J connectivity index is 1.75. The van der Waals surface area contributed by atoms with E-state index in [2.05, 4.69) is 5.32 Å². The fraction of sp³-hybridized carbons (Fsp3) is 0.188. The molecule has 0 aliphatic rings. The van der Waals surface area contributed by atoms with E-state index >= 15 is 0 Å². The van der Waals surface area contributed by atoms with Crippen LogP contribution >= 0.6 is 23.5 Å². The van der Waals surface area contributed by atoms with Gasteiger partial charge in [-0.2, -0.15) is 0 Å². The number of hydrogen-bond acceptors (Lipinski definition) is 3. The van der Waals surface area contributed by atoms with Crippen LogP contribution in [0.2, 0.25) is 0 Å². The van der Waals surface area contributed by atoms with E-state index in [4.69, 9.17) is 0 Å². The molecule has 0 saturated heterocycles. The first kappa shape index (κ1) is 15.9. The van der Waals surface area contributed by atoms with Gasteiger partial charge in [0, 0.05) is 27.7 Å². The van der Waals surface area contributed by atoms with E-state index in [0.29, 0.717) is 12.2 Å². The molecule has 0 heterocycles. The van der Waals surface area contributed by atoms with Gasteiger partial charge in [-0.05, 0) is 54.8 Å². The highest BCUT2D eigenvalue weighted by Gasteiger charge is 2.03. The number of carbonyl (C=O) groups excluding carboxylic acids is 1. The lowest BCUT2D eigenvalue weighted by atomic mass is 10.3. The third-order valence-corrected chi connectivity index (χ3v) is 4.54. The molecule has 5 heteroatoms. The second-order valence-electron chi connectivity index (χ2n) is 4.33. The first-order valence-electron chi connectivity index (χ1n) is 6.49. The van der Waals surface area contributed by atoms with Crippen LogP contribution in [0.4, 0.5) is 10.1 Å². The molecule has 0 atom stereocenters. The van der Waals surface area contributed by atoms with Crippen LogP contribution in [0.3, 0.4) is 0 Å². The van der Waals surface area contributed by atoms with Gasteiger partial charge in [0.25, 0.3) is 0 Å². The van der Waals surface area contributed by atoms with Crippen LogP contribution in [0, 0.1) is 5.82 Å². The summed E-state index contributed by atoms with van der Waals surface area (Å²) >= 11 is 3.21. The van der Waals surface area contributed by atoms with E-state index < -0.39 is 0 Å². The number of halogens is 1. The second kappa shape index (κ2) is 8.10. The number of benzene rings is 2. The van der Waals surface area contributed by atoms with Crippen LogP contribution in [0.1, 0.15) is 6.42 Å². The van der Waals surface area contributed by atoms with E-state index in [1.54, 1.807) is 35.7 Å². The van der Waals surface area contributed by atoms with Crippen molar-refractivity contribution in [1.82, 2.24) is 0 Å². The molecule has 1 amide bonds. The number of nitrogens with one attached hydrogen (secondary N) is 1. The highest BCUT2D eigenvalue weighted by atomic mass is 32.2. The molecular weight excluding hydrogens is 305 g/mol. The summed E-state index contributed by atoms with van der Waals surface area (Å²) in [6.45, 7) is 0. The monoisotopic (exact) mass is 321 g/mol. The SMILES string of the molecule is CSc1ccc(NC(=O)CCSc2ccc(F)cc2)cc1. The molecule has 0 aliphatic heterocycles. The molecule has 2 rings (SSSR count). The molecule has 2 aromatic carbocycles. The quantitative estimate of drug-likeness (QED) is 0.784. The first-order valence-corrected chi connectivity index (χ1v) is 8.70. The predicted molar refractivity (Wildman–Crippen MR) is 88.6 cm³/mol. The molecule has 0 spiro atoms. The Labute approximate surface area is 132 Å². The van der Waals surface area contributed by atoms with Crippen LogP contribution in [0.5, 0.6) is 0 Å². The van der Waals surface area contributed by atoms with Crippen molar-refractivity contribution in [3.63, 3.8) is 0 Å². The molecule has 21 heavy (non-hydrogen) atoms. The van der Waals surface area contributed by atoms with Crippen molar-refractivity contribution >= 4 is 35.1 Å². The fourth-order valence-electron chi connectivity index (χ4n) is 1.69. The van der Waals surface area contributed by atoms with Crippen molar-refractivity contribution in [2.45, 2.75) is 16.2 Å². The Morgan fingerprint density at radius 1 is 1.05 bits per heavy atom. The van der Waals surface area contributed by atoms with Crippen LogP contribution < -0.4 is 5.32 Å². The molecule has 2 aromatic rings. The molecule has 0 aliphatic carbocycles. The van der Waals surface area contributed by atoms with Crippen molar-refractivity contribution < 1.29 is 9.18 Å². The van der Waals surface area contributed by atoms with Gasteiger partial charge in [0.2, 0.25) is 5.91 Å². The van der Waals surface area contributed by atoms with Crippen molar-refractivity contribution in [2.75, 3.05) is 17.3 Å². The van der Waals surface area contributed by atoms with Crippen molar-refractivity contribution in [2.24, 2.45) is 0 Å². The number of hydrogen-bond donors (Lipinski definition) is 1. The third-order valence-electron chi connectivity index (χ3n) is 2.79. The van der Waals surface area contributed by atoms with Gasteiger partial charge in [-0.15, -0.1) is 23.5 Å². The van der Waals surface area contributed by atoms with Gasteiger partial charge in [-0.1, -0.05) is 0 Å². The topological polar surface area (TPSA) is 29.1 Å².